The fourth-order valence-electron chi connectivity index (χ4n) is 5.03. The van der Waals surface area contributed by atoms with Crippen LogP contribution in [0, 0.1) is 11.8 Å². The highest BCUT2D eigenvalue weighted by Crippen LogP contribution is 2.53. The van der Waals surface area contributed by atoms with Crippen molar-refractivity contribution in [2.75, 3.05) is 13.7 Å². The van der Waals surface area contributed by atoms with Crippen LogP contribution >= 0.6 is 0 Å². The zero-order valence-corrected chi connectivity index (χ0v) is 16.9. The molecular weight excluding hydrogens is 428 g/mol. The Bertz CT molecular complexity index is 1160. The van der Waals surface area contributed by atoms with Crippen LogP contribution in [0.4, 0.5) is 0 Å². The van der Waals surface area contributed by atoms with Crippen LogP contribution < -0.4 is 10.3 Å². The van der Waals surface area contributed by atoms with Crippen molar-refractivity contribution >= 4 is 10.9 Å². The number of hydrogen-bond acceptors (Lipinski definition) is 11. The number of pyridine rings is 1. The first-order chi connectivity index (χ1) is 15.0. The van der Waals surface area contributed by atoms with Gasteiger partial charge < -0.3 is 50.6 Å². The number of aromatic nitrogens is 1. The number of aromatic amines is 1. The van der Waals surface area contributed by atoms with Crippen LogP contribution in [-0.2, 0) is 0 Å². The Morgan fingerprint density at radius 3 is 2.44 bits per heavy atom. The highest BCUT2D eigenvalue weighted by Gasteiger charge is 2.58. The van der Waals surface area contributed by atoms with E-state index in [0.717, 1.165) is 7.11 Å². The van der Waals surface area contributed by atoms with Crippen molar-refractivity contribution in [3.63, 3.8) is 0 Å². The molecule has 1 aromatic heterocycles. The van der Waals surface area contributed by atoms with E-state index in [1.807, 2.05) is 0 Å². The van der Waals surface area contributed by atoms with Crippen LogP contribution in [0.3, 0.4) is 0 Å². The van der Waals surface area contributed by atoms with Gasteiger partial charge in [0.2, 0.25) is 11.5 Å². The molecule has 12 heteroatoms. The number of H-pyrrole nitrogens is 1. The molecule has 3 unspecified atom stereocenters. The summed E-state index contributed by atoms with van der Waals surface area (Å²) in [7, 11) is 1.10. The van der Waals surface area contributed by atoms with Gasteiger partial charge in [0.1, 0.15) is 6.23 Å². The smallest absolute Gasteiger partial charge is 0.291 e. The van der Waals surface area contributed by atoms with Gasteiger partial charge in [-0.15, -0.1) is 6.58 Å². The molecule has 6 atom stereocenters. The van der Waals surface area contributed by atoms with Crippen molar-refractivity contribution in [2.24, 2.45) is 11.8 Å². The zero-order chi connectivity index (χ0) is 23.7. The number of phenols is 3. The molecule has 0 spiro atoms. The molecule has 5 rings (SSSR count). The number of aliphatic hydroxyl groups excluding tert-OH is 2. The Labute approximate surface area is 180 Å². The van der Waals surface area contributed by atoms with Crippen molar-refractivity contribution in [1.82, 2.24) is 9.88 Å². The lowest BCUT2D eigenvalue weighted by atomic mass is 9.69. The summed E-state index contributed by atoms with van der Waals surface area (Å²) in [5.41, 5.74) is -2.07. The van der Waals surface area contributed by atoms with Crippen LogP contribution in [0.5, 0.6) is 28.7 Å². The predicted molar refractivity (Wildman–Crippen MR) is 108 cm³/mol. The maximum absolute atomic E-state index is 12.3. The van der Waals surface area contributed by atoms with E-state index in [1.165, 1.54) is 11.0 Å². The summed E-state index contributed by atoms with van der Waals surface area (Å²) in [6, 6.07) is -1.02. The molecule has 32 heavy (non-hydrogen) atoms. The number of nitrogens with one attached hydrogen (secondary N) is 1. The highest BCUT2D eigenvalue weighted by atomic mass is 16.5. The van der Waals surface area contributed by atoms with Gasteiger partial charge in [-0.25, -0.2) is 0 Å². The second-order valence-corrected chi connectivity index (χ2v) is 8.18. The molecular formula is C20H24N2O10. The number of rotatable bonds is 4. The van der Waals surface area contributed by atoms with Gasteiger partial charge in [-0.05, 0) is 6.42 Å². The topological polar surface area (TPSA) is 207 Å². The molecule has 0 aliphatic carbocycles. The molecule has 3 aliphatic heterocycles. The third-order valence-corrected chi connectivity index (χ3v) is 6.57. The molecule has 1 aromatic carbocycles. The van der Waals surface area contributed by atoms with E-state index < -0.39 is 93.3 Å². The molecule has 4 heterocycles. The second-order valence-electron chi connectivity index (χ2n) is 8.18. The summed E-state index contributed by atoms with van der Waals surface area (Å²) in [5, 5.41) is 83.7. The van der Waals surface area contributed by atoms with E-state index in [4.69, 9.17) is 4.74 Å². The zero-order valence-electron chi connectivity index (χ0n) is 16.9. The lowest BCUT2D eigenvalue weighted by Gasteiger charge is -2.58. The van der Waals surface area contributed by atoms with Crippen LogP contribution in [0.25, 0.3) is 10.9 Å². The monoisotopic (exact) mass is 452 g/mol. The summed E-state index contributed by atoms with van der Waals surface area (Å²) in [6.45, 7) is 3.17. The first-order valence-corrected chi connectivity index (χ1v) is 9.75. The maximum atomic E-state index is 12.3. The summed E-state index contributed by atoms with van der Waals surface area (Å²) in [4.78, 5) is 15.7. The SMILES string of the molecule is C=C[C@H]1C(O)N2CC(O)(O)C1C[C@H]2[C@H](O)c1c(O)c(=O)[nH]c2c(O)c(O)c(OC)c(O)c12. The Hall–Kier alpha value is -3.03. The summed E-state index contributed by atoms with van der Waals surface area (Å²) >= 11 is 0. The second kappa shape index (κ2) is 7.25. The molecule has 3 aliphatic rings. The average Bonchev–Trinajstić information content (AvgIpc) is 2.74. The molecule has 2 bridgehead atoms. The first-order valence-electron chi connectivity index (χ1n) is 9.75. The van der Waals surface area contributed by atoms with Crippen molar-refractivity contribution in [2.45, 2.75) is 30.6 Å². The third kappa shape index (κ3) is 2.84. The number of aliphatic hydroxyl groups is 4. The highest BCUT2D eigenvalue weighted by molar-refractivity contribution is 5.98. The van der Waals surface area contributed by atoms with Gasteiger partial charge in [0.25, 0.3) is 5.56 Å². The van der Waals surface area contributed by atoms with Gasteiger partial charge in [0.15, 0.2) is 23.0 Å². The number of phenolic OH excluding ortho intramolecular Hbond substituents is 3. The number of methoxy groups -OCH3 is 1. The summed E-state index contributed by atoms with van der Waals surface area (Å²) < 4.78 is 4.89. The fourth-order valence-corrected chi connectivity index (χ4v) is 5.03. The molecule has 174 valence electrons. The van der Waals surface area contributed by atoms with E-state index in [9.17, 15) is 45.6 Å². The normalized spacial score (nSPS) is 29.7. The van der Waals surface area contributed by atoms with E-state index in [2.05, 4.69) is 11.6 Å². The number of benzene rings is 1. The van der Waals surface area contributed by atoms with Gasteiger partial charge in [-0.3, -0.25) is 9.69 Å². The number of hydrogen-bond donors (Lipinski definition) is 9. The van der Waals surface area contributed by atoms with Crippen LogP contribution in [0.15, 0.2) is 17.4 Å². The van der Waals surface area contributed by atoms with Gasteiger partial charge in [0, 0.05) is 23.4 Å². The van der Waals surface area contributed by atoms with Crippen LogP contribution in [0.2, 0.25) is 0 Å². The first kappa shape index (κ1) is 22.2. The predicted octanol–water partition coefficient (Wildman–Crippen LogP) is -1.10. The minimum atomic E-state index is -2.18. The van der Waals surface area contributed by atoms with E-state index >= 15 is 0 Å². The Balaban J connectivity index is 1.93. The lowest BCUT2D eigenvalue weighted by molar-refractivity contribution is -0.313. The average molecular weight is 452 g/mol. The van der Waals surface area contributed by atoms with Gasteiger partial charge >= 0.3 is 0 Å². The standard InChI is InChI=1S/C20H24N2O10/c1-3-6-7-4-8(22(19(6)29)5-20(7,30)31)12(23)10-9-11(21-18(28)14(10)25)15(26)16(27)17(32-2)13(9)24/h3,6-8,12,19,23-27,29-31H,1,4-5H2,2H3,(H,21,28)/t6-,7?,8+,12+,19?/m1/s1. The molecule has 3 saturated heterocycles. The maximum Gasteiger partial charge on any atom is 0.291 e. The molecule has 0 amide bonds. The van der Waals surface area contributed by atoms with Gasteiger partial charge in [-0.1, -0.05) is 6.08 Å². The third-order valence-electron chi connectivity index (χ3n) is 6.57. The fraction of sp³-hybridized carbons (Fsp3) is 0.450. The molecule has 12 nitrogen and oxygen atoms in total. The number of piperidine rings is 3. The van der Waals surface area contributed by atoms with Crippen molar-refractivity contribution in [1.29, 1.82) is 0 Å². The van der Waals surface area contributed by atoms with E-state index in [-0.39, 0.29) is 6.42 Å². The number of nitrogens with zero attached hydrogens (tertiary/aromatic N) is 1. The lowest BCUT2D eigenvalue weighted by Crippen LogP contribution is -2.70. The molecule has 0 saturated carbocycles. The summed E-state index contributed by atoms with van der Waals surface area (Å²) in [5.74, 6) is -7.84. The largest absolute Gasteiger partial charge is 0.504 e. The number of fused-ring (bicyclic) bond motifs is 4. The quantitative estimate of drug-likeness (QED) is 0.118. The van der Waals surface area contributed by atoms with E-state index in [0.29, 0.717) is 0 Å². The Kier molecular flexibility index (Phi) is 5.02. The van der Waals surface area contributed by atoms with E-state index in [1.54, 1.807) is 0 Å². The van der Waals surface area contributed by atoms with Gasteiger partial charge in [0.05, 0.1) is 30.7 Å². The molecule has 2 aromatic rings. The van der Waals surface area contributed by atoms with Crippen LogP contribution in [-0.4, -0.2) is 82.4 Å². The Morgan fingerprint density at radius 1 is 1.19 bits per heavy atom. The van der Waals surface area contributed by atoms with Crippen molar-refractivity contribution in [3.05, 3.63) is 28.6 Å². The minimum absolute atomic E-state index is 0.0718. The van der Waals surface area contributed by atoms with Crippen LogP contribution in [0.1, 0.15) is 18.1 Å². The van der Waals surface area contributed by atoms with Crippen molar-refractivity contribution < 1.29 is 45.6 Å². The van der Waals surface area contributed by atoms with Crippen molar-refractivity contribution in [3.8, 4) is 28.7 Å². The molecule has 3 fully saturated rings. The number of ether oxygens (including phenoxy) is 1. The Morgan fingerprint density at radius 2 is 1.84 bits per heavy atom. The molecule has 0 radical (unpaired) electrons. The summed E-state index contributed by atoms with van der Waals surface area (Å²) in [6.07, 6.45) is -1.67. The minimum Gasteiger partial charge on any atom is -0.504 e. The number of aromatic hydroxyl groups is 4. The van der Waals surface area contributed by atoms with Gasteiger partial charge in [-0.2, -0.15) is 0 Å². The molecule has 9 N–H and O–H groups in total.